The number of halogens is 1. The summed E-state index contributed by atoms with van der Waals surface area (Å²) < 4.78 is 0.896. The zero-order chi connectivity index (χ0) is 13.7. The highest BCUT2D eigenvalue weighted by Crippen LogP contribution is 2.53. The van der Waals surface area contributed by atoms with Gasteiger partial charge in [-0.1, -0.05) is 30.3 Å². The summed E-state index contributed by atoms with van der Waals surface area (Å²) in [5.41, 5.74) is 8.51. The van der Waals surface area contributed by atoms with Gasteiger partial charge in [-0.3, -0.25) is 0 Å². The number of nitrogen functional groups attached to an aromatic ring is 1. The summed E-state index contributed by atoms with van der Waals surface area (Å²) in [6, 6.07) is 10.6. The van der Waals surface area contributed by atoms with Crippen LogP contribution in [0.25, 0.3) is 0 Å². The van der Waals surface area contributed by atoms with Gasteiger partial charge in [0.2, 0.25) is 0 Å². The molecule has 0 aliphatic heterocycles. The van der Waals surface area contributed by atoms with E-state index in [9.17, 15) is 0 Å². The second-order valence-electron chi connectivity index (χ2n) is 5.85. The molecule has 0 bridgehead atoms. The fourth-order valence-electron chi connectivity index (χ4n) is 2.85. The van der Waals surface area contributed by atoms with Gasteiger partial charge in [0.1, 0.15) is 11.6 Å². The molecule has 0 spiro atoms. The van der Waals surface area contributed by atoms with Crippen molar-refractivity contribution in [1.82, 2.24) is 9.97 Å². The number of aromatic nitrogens is 2. The highest BCUT2D eigenvalue weighted by atomic mass is 79.9. The molecule has 2 saturated carbocycles. The molecular weight excluding hydrogens is 314 g/mol. The first-order valence-electron chi connectivity index (χ1n) is 7.10. The van der Waals surface area contributed by atoms with Crippen molar-refractivity contribution < 1.29 is 0 Å². The molecule has 2 aliphatic rings. The minimum atomic E-state index is -0.000278. The third-order valence-corrected chi connectivity index (χ3v) is 5.18. The number of nitrogens with two attached hydrogens (primary N) is 1. The summed E-state index contributed by atoms with van der Waals surface area (Å²) in [7, 11) is 0. The standard InChI is InChI=1S/C16H16BrN3/c17-12-13(10-6-7-10)19-15(20-14(12)18)16(8-9-16)11-4-2-1-3-5-11/h1-5,10H,6-9H2,(H2,18,19,20). The largest absolute Gasteiger partial charge is 0.383 e. The Morgan fingerprint density at radius 3 is 2.40 bits per heavy atom. The highest BCUT2D eigenvalue weighted by Gasteiger charge is 2.49. The maximum atomic E-state index is 6.09. The molecule has 1 heterocycles. The summed E-state index contributed by atoms with van der Waals surface area (Å²) >= 11 is 3.55. The maximum Gasteiger partial charge on any atom is 0.141 e. The van der Waals surface area contributed by atoms with Gasteiger partial charge in [0.05, 0.1) is 15.6 Å². The van der Waals surface area contributed by atoms with Gasteiger partial charge in [-0.05, 0) is 47.2 Å². The van der Waals surface area contributed by atoms with Crippen molar-refractivity contribution in [2.45, 2.75) is 37.0 Å². The first kappa shape index (κ1) is 12.3. The van der Waals surface area contributed by atoms with Crippen molar-refractivity contribution in [3.05, 3.63) is 51.9 Å². The summed E-state index contributed by atoms with van der Waals surface area (Å²) in [6.45, 7) is 0. The summed E-state index contributed by atoms with van der Waals surface area (Å²) in [4.78, 5) is 9.44. The molecule has 2 aromatic rings. The van der Waals surface area contributed by atoms with E-state index in [0.29, 0.717) is 11.7 Å². The lowest BCUT2D eigenvalue weighted by Crippen LogP contribution is -2.16. The van der Waals surface area contributed by atoms with Crippen LogP contribution in [0.4, 0.5) is 5.82 Å². The van der Waals surface area contributed by atoms with Crippen molar-refractivity contribution in [3.63, 3.8) is 0 Å². The van der Waals surface area contributed by atoms with Gasteiger partial charge in [0, 0.05) is 5.92 Å². The van der Waals surface area contributed by atoms with Crippen LogP contribution in [0.15, 0.2) is 34.8 Å². The Balaban J connectivity index is 1.83. The van der Waals surface area contributed by atoms with Gasteiger partial charge in [0.15, 0.2) is 0 Å². The fraction of sp³-hybridized carbons (Fsp3) is 0.375. The molecule has 0 radical (unpaired) electrons. The predicted molar refractivity (Wildman–Crippen MR) is 82.6 cm³/mol. The van der Waals surface area contributed by atoms with Gasteiger partial charge < -0.3 is 5.73 Å². The molecule has 0 amide bonds. The molecule has 102 valence electrons. The quantitative estimate of drug-likeness (QED) is 0.932. The van der Waals surface area contributed by atoms with Gasteiger partial charge in [0.25, 0.3) is 0 Å². The predicted octanol–water partition coefficient (Wildman–Crippen LogP) is 3.78. The summed E-state index contributed by atoms with van der Waals surface area (Å²) in [5.74, 6) is 2.06. The minimum Gasteiger partial charge on any atom is -0.383 e. The molecule has 0 unspecified atom stereocenters. The Kier molecular flexibility index (Phi) is 2.64. The van der Waals surface area contributed by atoms with E-state index in [1.54, 1.807) is 0 Å². The van der Waals surface area contributed by atoms with Crippen molar-refractivity contribution in [2.24, 2.45) is 0 Å². The molecule has 2 N–H and O–H groups in total. The molecule has 2 fully saturated rings. The van der Waals surface area contributed by atoms with Crippen LogP contribution in [0.3, 0.4) is 0 Å². The van der Waals surface area contributed by atoms with Crippen molar-refractivity contribution >= 4 is 21.7 Å². The number of anilines is 1. The average Bonchev–Trinajstić information content (AvgIpc) is 3.36. The molecule has 0 saturated heterocycles. The van der Waals surface area contributed by atoms with E-state index in [4.69, 9.17) is 10.7 Å². The van der Waals surface area contributed by atoms with Gasteiger partial charge in [-0.15, -0.1) is 0 Å². The Morgan fingerprint density at radius 1 is 1.10 bits per heavy atom. The van der Waals surface area contributed by atoms with Gasteiger partial charge in [-0.25, -0.2) is 9.97 Å². The topological polar surface area (TPSA) is 51.8 Å². The van der Waals surface area contributed by atoms with Crippen LogP contribution in [0.1, 0.15) is 48.7 Å². The molecule has 1 aromatic heterocycles. The van der Waals surface area contributed by atoms with Gasteiger partial charge >= 0.3 is 0 Å². The Morgan fingerprint density at radius 2 is 1.80 bits per heavy atom. The normalized spacial score (nSPS) is 19.9. The van der Waals surface area contributed by atoms with Crippen molar-refractivity contribution in [3.8, 4) is 0 Å². The smallest absolute Gasteiger partial charge is 0.141 e. The lowest BCUT2D eigenvalue weighted by molar-refractivity contribution is 0.739. The van der Waals surface area contributed by atoms with Crippen LogP contribution >= 0.6 is 15.9 Å². The van der Waals surface area contributed by atoms with E-state index < -0.39 is 0 Å². The van der Waals surface area contributed by atoms with Crippen LogP contribution < -0.4 is 5.73 Å². The molecular formula is C16H16BrN3. The number of hydrogen-bond acceptors (Lipinski definition) is 3. The SMILES string of the molecule is Nc1nc(C2(c3ccccc3)CC2)nc(C2CC2)c1Br. The molecule has 4 heteroatoms. The number of nitrogens with zero attached hydrogens (tertiary/aromatic N) is 2. The number of rotatable bonds is 3. The first-order valence-corrected chi connectivity index (χ1v) is 7.89. The van der Waals surface area contributed by atoms with E-state index >= 15 is 0 Å². The van der Waals surface area contributed by atoms with Crippen LogP contribution in [0.2, 0.25) is 0 Å². The van der Waals surface area contributed by atoms with E-state index in [1.165, 1.54) is 18.4 Å². The van der Waals surface area contributed by atoms with Crippen LogP contribution in [0.5, 0.6) is 0 Å². The molecule has 1 aromatic carbocycles. The van der Waals surface area contributed by atoms with E-state index in [0.717, 1.165) is 28.8 Å². The van der Waals surface area contributed by atoms with Crippen LogP contribution in [0, 0.1) is 0 Å². The molecule has 3 nitrogen and oxygen atoms in total. The second kappa shape index (κ2) is 4.29. The average molecular weight is 330 g/mol. The lowest BCUT2D eigenvalue weighted by Gasteiger charge is -2.17. The van der Waals surface area contributed by atoms with E-state index in [-0.39, 0.29) is 5.41 Å². The maximum absolute atomic E-state index is 6.09. The van der Waals surface area contributed by atoms with Crippen molar-refractivity contribution in [2.75, 3.05) is 5.73 Å². The third kappa shape index (κ3) is 1.85. The minimum absolute atomic E-state index is 0.000278. The number of benzene rings is 1. The van der Waals surface area contributed by atoms with Crippen LogP contribution in [-0.4, -0.2) is 9.97 Å². The zero-order valence-corrected chi connectivity index (χ0v) is 12.7. The van der Waals surface area contributed by atoms with E-state index in [2.05, 4.69) is 45.2 Å². The van der Waals surface area contributed by atoms with E-state index in [1.807, 2.05) is 6.07 Å². The first-order chi connectivity index (χ1) is 9.71. The number of hydrogen-bond donors (Lipinski definition) is 1. The van der Waals surface area contributed by atoms with Crippen LogP contribution in [-0.2, 0) is 5.41 Å². The zero-order valence-electron chi connectivity index (χ0n) is 11.1. The Bertz CT molecular complexity index is 661. The molecule has 20 heavy (non-hydrogen) atoms. The van der Waals surface area contributed by atoms with Crippen molar-refractivity contribution in [1.29, 1.82) is 0 Å². The Hall–Kier alpha value is -1.42. The lowest BCUT2D eigenvalue weighted by atomic mass is 9.95. The highest BCUT2D eigenvalue weighted by molar-refractivity contribution is 9.10. The van der Waals surface area contributed by atoms with Gasteiger partial charge in [-0.2, -0.15) is 0 Å². The summed E-state index contributed by atoms with van der Waals surface area (Å²) in [5, 5.41) is 0. The molecule has 4 rings (SSSR count). The summed E-state index contributed by atoms with van der Waals surface area (Å²) in [6.07, 6.45) is 4.66. The second-order valence-corrected chi connectivity index (χ2v) is 6.65. The molecule has 2 aliphatic carbocycles. The third-order valence-electron chi connectivity index (χ3n) is 4.37. The molecule has 0 atom stereocenters. The fourth-order valence-corrected chi connectivity index (χ4v) is 3.35. The monoisotopic (exact) mass is 329 g/mol. The Labute approximate surface area is 126 Å².